The van der Waals surface area contributed by atoms with Crippen molar-refractivity contribution in [2.75, 3.05) is 54.1 Å². The van der Waals surface area contributed by atoms with Gasteiger partial charge in [0.25, 0.3) is 7.82 Å². The van der Waals surface area contributed by atoms with Crippen LogP contribution in [0.5, 0.6) is 0 Å². The van der Waals surface area contributed by atoms with Crippen LogP contribution in [0.4, 0.5) is 0 Å². The van der Waals surface area contributed by atoms with Crippen molar-refractivity contribution < 1.29 is 32.8 Å². The van der Waals surface area contributed by atoms with Crippen LogP contribution < -0.4 is 4.89 Å². The Hall–Kier alpha value is -0.0100. The number of ether oxygens (including phenoxy) is 1. The van der Waals surface area contributed by atoms with Crippen LogP contribution in [-0.2, 0) is 18.3 Å². The van der Waals surface area contributed by atoms with Crippen molar-refractivity contribution in [2.45, 2.75) is 83.2 Å². The van der Waals surface area contributed by atoms with E-state index in [1.54, 1.807) is 19.3 Å². The molecule has 0 radical (unpaired) electrons. The Bertz CT molecular complexity index is 723. The summed E-state index contributed by atoms with van der Waals surface area (Å²) in [6, 6.07) is 0. The van der Waals surface area contributed by atoms with Gasteiger partial charge in [-0.15, -0.1) is 0 Å². The van der Waals surface area contributed by atoms with Gasteiger partial charge < -0.3 is 28.3 Å². The molecular weight excluding hydrogens is 477 g/mol. The Kier molecular flexibility index (Phi) is 10.4. The maximum absolute atomic E-state index is 11.9. The number of hydrogen-bond donors (Lipinski definition) is 1. The molecule has 0 aromatic carbocycles. The molecule has 0 saturated heterocycles. The molecule has 8 heteroatoms. The SMILES string of the molecule is C[N+](C)(C)CCOP(=O)([O-])OC[C@@H](CO)OCCCCCCCCC1CCC2C(C1)C1C3CCC3C21. The van der Waals surface area contributed by atoms with E-state index < -0.39 is 13.9 Å². The number of quaternary nitrogens is 1. The number of aliphatic hydroxyl groups excluding tert-OH is 1. The summed E-state index contributed by atoms with van der Waals surface area (Å²) in [5.41, 5.74) is 0. The maximum Gasteiger partial charge on any atom is 0.268 e. The fourth-order valence-electron chi connectivity index (χ4n) is 7.78. The highest BCUT2D eigenvalue weighted by Crippen LogP contribution is 2.74. The van der Waals surface area contributed by atoms with Gasteiger partial charge in [-0.25, -0.2) is 0 Å². The second-order valence-corrected chi connectivity index (χ2v) is 14.7. The van der Waals surface area contributed by atoms with Gasteiger partial charge in [-0.1, -0.05) is 44.9 Å². The summed E-state index contributed by atoms with van der Waals surface area (Å²) in [7, 11) is 1.50. The topological polar surface area (TPSA) is 88.1 Å². The second kappa shape index (κ2) is 12.9. The number of phosphoric ester groups is 1. The summed E-state index contributed by atoms with van der Waals surface area (Å²) in [6.45, 7) is 0.642. The number of rotatable bonds is 18. The van der Waals surface area contributed by atoms with Crippen molar-refractivity contribution in [2.24, 2.45) is 41.4 Å². The predicted molar refractivity (Wildman–Crippen MR) is 139 cm³/mol. The summed E-state index contributed by atoms with van der Waals surface area (Å²) in [5, 5.41) is 9.47. The molecule has 1 N–H and O–H groups in total. The molecule has 4 fully saturated rings. The Morgan fingerprint density at radius 2 is 1.47 bits per heavy atom. The highest BCUT2D eigenvalue weighted by atomic mass is 31.2. The summed E-state index contributed by atoms with van der Waals surface area (Å²) in [4.78, 5) is 11.9. The van der Waals surface area contributed by atoms with E-state index in [1.807, 2.05) is 21.1 Å². The zero-order valence-electron chi connectivity index (χ0n) is 23.0. The zero-order valence-corrected chi connectivity index (χ0v) is 23.9. The van der Waals surface area contributed by atoms with Crippen molar-refractivity contribution in [1.29, 1.82) is 0 Å². The minimum Gasteiger partial charge on any atom is -0.756 e. The van der Waals surface area contributed by atoms with Gasteiger partial charge in [0, 0.05) is 6.61 Å². The minimum absolute atomic E-state index is 0.0677. The van der Waals surface area contributed by atoms with Crippen molar-refractivity contribution >= 4 is 7.82 Å². The van der Waals surface area contributed by atoms with E-state index in [0.717, 1.165) is 42.4 Å². The van der Waals surface area contributed by atoms with Crippen LogP contribution in [0.1, 0.15) is 77.0 Å². The quantitative estimate of drug-likeness (QED) is 0.158. The fraction of sp³-hybridized carbons (Fsp3) is 1.00. The number of unbranched alkanes of at least 4 members (excludes halogenated alkanes) is 5. The average Bonchev–Trinajstić information content (AvgIpc) is 2.80. The third-order valence-electron chi connectivity index (χ3n) is 9.86. The molecule has 0 bridgehead atoms. The van der Waals surface area contributed by atoms with Crippen molar-refractivity contribution in [3.05, 3.63) is 0 Å². The standard InChI is InChI=1S/C28H52NO6P/c1-29(2,3)15-17-34-36(31,32)35-20-22(19-30)33-16-9-7-5-4-6-8-10-21-11-12-25-26(18-21)28-24-14-13-23(24)27(25)28/h21-28,30H,4-20H2,1-3H3/t21?,22-,23?,24?,25?,26?,27?,28?/m1/s1. The number of nitrogens with zero attached hydrogens (tertiary/aromatic N) is 1. The minimum atomic E-state index is -4.38. The Morgan fingerprint density at radius 1 is 0.861 bits per heavy atom. The number of hydrogen-bond acceptors (Lipinski definition) is 6. The zero-order chi connectivity index (χ0) is 25.8. The lowest BCUT2D eigenvalue weighted by Gasteiger charge is -2.74. The molecule has 0 heterocycles. The average molecular weight is 530 g/mol. The van der Waals surface area contributed by atoms with E-state index in [1.165, 1.54) is 56.8 Å². The summed E-state index contributed by atoms with van der Waals surface area (Å²) in [6.07, 6.45) is 15.7. The van der Waals surface area contributed by atoms with Crippen LogP contribution >= 0.6 is 7.82 Å². The fourth-order valence-corrected chi connectivity index (χ4v) is 8.51. The van der Waals surface area contributed by atoms with Crippen LogP contribution in [0.2, 0.25) is 0 Å². The first-order valence-electron chi connectivity index (χ1n) is 14.8. The first-order valence-corrected chi connectivity index (χ1v) is 16.3. The normalized spacial score (nSPS) is 35.3. The van der Waals surface area contributed by atoms with Crippen LogP contribution in [0.15, 0.2) is 0 Å². The predicted octanol–water partition coefficient (Wildman–Crippen LogP) is 4.62. The molecule has 0 amide bonds. The van der Waals surface area contributed by atoms with Gasteiger partial charge in [-0.3, -0.25) is 4.57 Å². The lowest BCUT2D eigenvalue weighted by molar-refractivity contribution is -0.870. The third kappa shape index (κ3) is 7.55. The van der Waals surface area contributed by atoms with Gasteiger partial charge in [-0.05, 0) is 73.5 Å². The van der Waals surface area contributed by atoms with E-state index in [9.17, 15) is 14.6 Å². The molecule has 4 aliphatic carbocycles. The monoisotopic (exact) mass is 529 g/mol. The highest BCUT2D eigenvalue weighted by molar-refractivity contribution is 7.45. The summed E-state index contributed by atoms with van der Waals surface area (Å²) >= 11 is 0. The Morgan fingerprint density at radius 3 is 2.14 bits per heavy atom. The maximum atomic E-state index is 11.9. The Labute approximate surface area is 219 Å². The molecule has 9 atom stereocenters. The molecule has 0 aromatic rings. The van der Waals surface area contributed by atoms with Gasteiger partial charge in [0.05, 0.1) is 34.4 Å². The number of phosphoric acid groups is 1. The van der Waals surface area contributed by atoms with Crippen LogP contribution in [0, 0.1) is 41.4 Å². The van der Waals surface area contributed by atoms with Gasteiger partial charge in [0.1, 0.15) is 19.3 Å². The molecule has 8 unspecified atom stereocenters. The van der Waals surface area contributed by atoms with E-state index in [0.29, 0.717) is 17.6 Å². The molecule has 36 heavy (non-hydrogen) atoms. The molecule has 7 nitrogen and oxygen atoms in total. The largest absolute Gasteiger partial charge is 0.756 e. The molecule has 0 spiro atoms. The van der Waals surface area contributed by atoms with Gasteiger partial charge in [0.15, 0.2) is 0 Å². The third-order valence-corrected chi connectivity index (χ3v) is 10.8. The second-order valence-electron chi connectivity index (χ2n) is 13.2. The molecule has 0 aliphatic heterocycles. The Balaban J connectivity index is 0.956. The van der Waals surface area contributed by atoms with Gasteiger partial charge in [0.2, 0.25) is 0 Å². The van der Waals surface area contributed by atoms with Crippen LogP contribution in [-0.4, -0.2) is 69.8 Å². The highest BCUT2D eigenvalue weighted by Gasteiger charge is 2.68. The summed E-state index contributed by atoms with van der Waals surface area (Å²) in [5.74, 6) is 7.90. The lowest BCUT2D eigenvalue weighted by Crippen LogP contribution is -2.69. The van der Waals surface area contributed by atoms with Crippen molar-refractivity contribution in [3.8, 4) is 0 Å². The van der Waals surface area contributed by atoms with E-state index in [-0.39, 0.29) is 19.8 Å². The van der Waals surface area contributed by atoms with Gasteiger partial charge in [-0.2, -0.15) is 0 Å². The molecule has 210 valence electrons. The summed E-state index contributed by atoms with van der Waals surface area (Å²) < 4.78 is 27.9. The first-order chi connectivity index (χ1) is 17.2. The molecule has 4 saturated carbocycles. The van der Waals surface area contributed by atoms with E-state index >= 15 is 0 Å². The van der Waals surface area contributed by atoms with Crippen LogP contribution in [0.25, 0.3) is 0 Å². The number of aliphatic hydroxyl groups is 1. The smallest absolute Gasteiger partial charge is 0.268 e. The number of fused-ring (bicyclic) bond motifs is 7. The van der Waals surface area contributed by atoms with Crippen molar-refractivity contribution in [1.82, 2.24) is 0 Å². The molecule has 0 aromatic heterocycles. The van der Waals surface area contributed by atoms with Crippen LogP contribution in [0.3, 0.4) is 0 Å². The van der Waals surface area contributed by atoms with Crippen molar-refractivity contribution in [3.63, 3.8) is 0 Å². The van der Waals surface area contributed by atoms with E-state index in [4.69, 9.17) is 13.8 Å². The molecule has 4 aliphatic rings. The first kappa shape index (κ1) is 29.0. The lowest BCUT2D eigenvalue weighted by atomic mass is 9.30. The number of likely N-dealkylation sites (N-methyl/N-ethyl adjacent to an activating group) is 1. The molecular formula is C28H52NO6P. The van der Waals surface area contributed by atoms with E-state index in [2.05, 4.69) is 0 Å². The molecule has 4 rings (SSSR count). The van der Waals surface area contributed by atoms with Gasteiger partial charge >= 0.3 is 0 Å².